The van der Waals surface area contributed by atoms with Gasteiger partial charge in [0.2, 0.25) is 12.7 Å². The highest BCUT2D eigenvalue weighted by atomic mass is 16.7. The molecule has 0 fully saturated rings. The van der Waals surface area contributed by atoms with E-state index < -0.39 is 18.0 Å². The molecule has 0 saturated heterocycles. The van der Waals surface area contributed by atoms with Crippen LogP contribution in [0.15, 0.2) is 23.3 Å². The van der Waals surface area contributed by atoms with Gasteiger partial charge in [0, 0.05) is 19.4 Å². The van der Waals surface area contributed by atoms with Crippen LogP contribution in [-0.4, -0.2) is 36.4 Å². The number of benzene rings is 1. The van der Waals surface area contributed by atoms with Gasteiger partial charge in [0.15, 0.2) is 17.6 Å². The molecule has 9 heteroatoms. The van der Waals surface area contributed by atoms with Gasteiger partial charge in [-0.3, -0.25) is 9.59 Å². The van der Waals surface area contributed by atoms with Gasteiger partial charge in [-0.05, 0) is 24.6 Å². The predicted octanol–water partition coefficient (Wildman–Crippen LogP) is 0.229. The van der Waals surface area contributed by atoms with Gasteiger partial charge < -0.3 is 19.5 Å². The summed E-state index contributed by atoms with van der Waals surface area (Å²) in [6, 6.07) is 5.35. The van der Waals surface area contributed by atoms with E-state index in [-0.39, 0.29) is 37.8 Å². The number of ether oxygens (including phenoxy) is 3. The Bertz CT molecular complexity index is 745. The van der Waals surface area contributed by atoms with E-state index in [0.29, 0.717) is 11.5 Å². The number of fused-ring (bicyclic) bond motifs is 1. The summed E-state index contributed by atoms with van der Waals surface area (Å²) in [6.45, 7) is 1.91. The number of nitrogens with one attached hydrogen (secondary N) is 2. The van der Waals surface area contributed by atoms with Gasteiger partial charge in [0.1, 0.15) is 5.71 Å². The molecule has 0 aromatic heterocycles. The van der Waals surface area contributed by atoms with E-state index in [9.17, 15) is 14.4 Å². The summed E-state index contributed by atoms with van der Waals surface area (Å²) in [5.41, 5.74) is 3.13. The van der Waals surface area contributed by atoms with E-state index in [1.807, 2.05) is 6.07 Å². The lowest BCUT2D eigenvalue weighted by atomic mass is 10.2. The molecule has 1 aromatic rings. The molecule has 0 unspecified atom stereocenters. The first-order valence-corrected chi connectivity index (χ1v) is 7.75. The molecule has 9 nitrogen and oxygen atoms in total. The van der Waals surface area contributed by atoms with Crippen molar-refractivity contribution >= 4 is 23.5 Å². The summed E-state index contributed by atoms with van der Waals surface area (Å²) in [5.74, 6) is -0.121. The third-order valence-corrected chi connectivity index (χ3v) is 3.70. The highest BCUT2D eigenvalue weighted by molar-refractivity contribution is 6.37. The fourth-order valence-electron chi connectivity index (χ4n) is 2.29. The van der Waals surface area contributed by atoms with Crippen molar-refractivity contribution in [3.8, 4) is 11.5 Å². The second-order valence-electron chi connectivity index (χ2n) is 5.55. The molecule has 0 aliphatic carbocycles. The second-order valence-corrected chi connectivity index (χ2v) is 5.55. The maximum absolute atomic E-state index is 12.1. The number of rotatable bonds is 5. The Labute approximate surface area is 143 Å². The van der Waals surface area contributed by atoms with Crippen LogP contribution in [0.5, 0.6) is 11.5 Å². The summed E-state index contributed by atoms with van der Waals surface area (Å²) in [5, 5.41) is 6.32. The average molecular weight is 347 g/mol. The first-order chi connectivity index (χ1) is 12.0. The fourth-order valence-corrected chi connectivity index (χ4v) is 2.29. The zero-order valence-electron chi connectivity index (χ0n) is 13.5. The van der Waals surface area contributed by atoms with Gasteiger partial charge in [-0.25, -0.2) is 10.2 Å². The van der Waals surface area contributed by atoms with Gasteiger partial charge in [-0.2, -0.15) is 5.10 Å². The van der Waals surface area contributed by atoms with E-state index in [1.165, 1.54) is 6.92 Å². The van der Waals surface area contributed by atoms with Crippen LogP contribution < -0.4 is 20.2 Å². The molecule has 2 aliphatic heterocycles. The lowest BCUT2D eigenvalue weighted by molar-refractivity contribution is -0.148. The van der Waals surface area contributed by atoms with Crippen LogP contribution in [0, 0.1) is 0 Å². The lowest BCUT2D eigenvalue weighted by Gasteiger charge is -2.16. The first kappa shape index (κ1) is 16.7. The minimum atomic E-state index is -0.984. The Morgan fingerprint density at radius 1 is 1.32 bits per heavy atom. The maximum Gasteiger partial charge on any atom is 0.355 e. The molecule has 2 heterocycles. The topological polar surface area (TPSA) is 115 Å². The Kier molecular flexibility index (Phi) is 4.82. The van der Waals surface area contributed by atoms with E-state index in [2.05, 4.69) is 15.8 Å². The Morgan fingerprint density at radius 2 is 2.12 bits per heavy atom. The molecule has 0 radical (unpaired) electrons. The highest BCUT2D eigenvalue weighted by Gasteiger charge is 2.24. The van der Waals surface area contributed by atoms with Gasteiger partial charge >= 0.3 is 5.97 Å². The van der Waals surface area contributed by atoms with Crippen LogP contribution >= 0.6 is 0 Å². The summed E-state index contributed by atoms with van der Waals surface area (Å²) in [7, 11) is 0. The minimum Gasteiger partial charge on any atom is -0.454 e. The maximum atomic E-state index is 12.1. The van der Waals surface area contributed by atoms with Crippen molar-refractivity contribution < 1.29 is 28.6 Å². The average Bonchev–Trinajstić information content (AvgIpc) is 3.07. The Morgan fingerprint density at radius 3 is 2.88 bits per heavy atom. The predicted molar refractivity (Wildman–Crippen MR) is 84.8 cm³/mol. The molecular formula is C16H17N3O6. The Balaban J connectivity index is 1.49. The fraction of sp³-hybridized carbons (Fsp3) is 0.375. The van der Waals surface area contributed by atoms with Crippen molar-refractivity contribution in [3.05, 3.63) is 23.8 Å². The largest absolute Gasteiger partial charge is 0.454 e. The molecule has 2 amide bonds. The summed E-state index contributed by atoms with van der Waals surface area (Å²) in [6.07, 6.45) is -0.628. The minimum absolute atomic E-state index is 0.0926. The van der Waals surface area contributed by atoms with Gasteiger partial charge in [-0.15, -0.1) is 0 Å². The van der Waals surface area contributed by atoms with Crippen molar-refractivity contribution in [2.75, 3.05) is 6.79 Å². The standard InChI is InChI=1S/C16H17N3O6/c1-9(25-16(22)11-3-5-14(20)19-18-11)15(21)17-7-10-2-4-12-13(6-10)24-8-23-12/h2,4,6,9H,3,5,7-8H2,1H3,(H,17,21)(H,19,20)/t9-/m1/s1. The number of nitrogens with zero attached hydrogens (tertiary/aromatic N) is 1. The third kappa shape index (κ3) is 4.06. The van der Waals surface area contributed by atoms with Crippen molar-refractivity contribution in [3.63, 3.8) is 0 Å². The normalized spacial score (nSPS) is 16.5. The van der Waals surface area contributed by atoms with Crippen LogP contribution in [0.3, 0.4) is 0 Å². The number of esters is 1. The smallest absolute Gasteiger partial charge is 0.355 e. The van der Waals surface area contributed by atoms with Gasteiger partial charge in [-0.1, -0.05) is 6.07 Å². The van der Waals surface area contributed by atoms with Crippen LogP contribution in [0.2, 0.25) is 0 Å². The summed E-state index contributed by atoms with van der Waals surface area (Å²) < 4.78 is 15.6. The van der Waals surface area contributed by atoms with E-state index in [4.69, 9.17) is 14.2 Å². The summed E-state index contributed by atoms with van der Waals surface area (Å²) >= 11 is 0. The van der Waals surface area contributed by atoms with Crippen molar-refractivity contribution in [2.24, 2.45) is 5.10 Å². The van der Waals surface area contributed by atoms with Crippen molar-refractivity contribution in [2.45, 2.75) is 32.4 Å². The zero-order valence-corrected chi connectivity index (χ0v) is 13.5. The van der Waals surface area contributed by atoms with Crippen molar-refractivity contribution in [1.29, 1.82) is 0 Å². The number of hydrazone groups is 1. The number of hydrogen-bond acceptors (Lipinski definition) is 7. The molecule has 2 N–H and O–H groups in total. The third-order valence-electron chi connectivity index (χ3n) is 3.70. The van der Waals surface area contributed by atoms with Crippen LogP contribution in [0.1, 0.15) is 25.3 Å². The molecule has 0 bridgehead atoms. The molecule has 1 atom stereocenters. The molecule has 1 aromatic carbocycles. The van der Waals surface area contributed by atoms with E-state index in [0.717, 1.165) is 5.56 Å². The van der Waals surface area contributed by atoms with Crippen LogP contribution in [0.4, 0.5) is 0 Å². The number of carbonyl (C=O) groups excluding carboxylic acids is 3. The SMILES string of the molecule is C[C@@H](OC(=O)C1=NNC(=O)CC1)C(=O)NCc1ccc2c(c1)OCO2. The van der Waals surface area contributed by atoms with E-state index >= 15 is 0 Å². The monoisotopic (exact) mass is 347 g/mol. The molecule has 25 heavy (non-hydrogen) atoms. The quantitative estimate of drug-likeness (QED) is 0.737. The molecule has 0 spiro atoms. The molecule has 2 aliphatic rings. The second kappa shape index (κ2) is 7.20. The van der Waals surface area contributed by atoms with Crippen LogP contribution in [-0.2, 0) is 25.7 Å². The Hall–Kier alpha value is -3.10. The van der Waals surface area contributed by atoms with Gasteiger partial charge in [0.05, 0.1) is 0 Å². The molecule has 3 rings (SSSR count). The highest BCUT2D eigenvalue weighted by Crippen LogP contribution is 2.32. The van der Waals surface area contributed by atoms with E-state index in [1.54, 1.807) is 12.1 Å². The number of amides is 2. The van der Waals surface area contributed by atoms with Gasteiger partial charge in [0.25, 0.3) is 5.91 Å². The molecule has 132 valence electrons. The zero-order chi connectivity index (χ0) is 17.8. The van der Waals surface area contributed by atoms with Crippen molar-refractivity contribution in [1.82, 2.24) is 10.7 Å². The lowest BCUT2D eigenvalue weighted by Crippen LogP contribution is -2.38. The first-order valence-electron chi connectivity index (χ1n) is 7.75. The van der Waals surface area contributed by atoms with Crippen LogP contribution in [0.25, 0.3) is 0 Å². The molecular weight excluding hydrogens is 330 g/mol. The summed E-state index contributed by atoms with van der Waals surface area (Å²) in [4.78, 5) is 35.0. The number of hydrogen-bond donors (Lipinski definition) is 2. The molecule has 0 saturated carbocycles. The number of carbonyl (C=O) groups is 3.